The number of carbonyl (C=O) groups excluding carboxylic acids is 1. The number of hydrogen-bond acceptors (Lipinski definition) is 3. The number of likely N-dealkylation sites (N-methyl/N-ethyl adjacent to an activating group) is 1. The van der Waals surface area contributed by atoms with Crippen LogP contribution in [0.3, 0.4) is 0 Å². The fraction of sp³-hybridized carbons (Fsp3) is 0.909. The second-order valence-electron chi connectivity index (χ2n) is 4.38. The standard InChI is InChI=1S/C11H23N3O/c1-4-9(2)14(3)6-5-13-11(15)10-7-12-8-10/h9-10,12H,4-8H2,1-3H3,(H,13,15). The van der Waals surface area contributed by atoms with Crippen LogP contribution in [0.1, 0.15) is 20.3 Å². The molecule has 15 heavy (non-hydrogen) atoms. The van der Waals surface area contributed by atoms with E-state index in [0.29, 0.717) is 6.04 Å². The highest BCUT2D eigenvalue weighted by molar-refractivity contribution is 5.79. The highest BCUT2D eigenvalue weighted by Gasteiger charge is 2.24. The largest absolute Gasteiger partial charge is 0.354 e. The van der Waals surface area contributed by atoms with Crippen molar-refractivity contribution in [2.24, 2.45) is 5.92 Å². The Morgan fingerprint density at radius 1 is 1.60 bits per heavy atom. The summed E-state index contributed by atoms with van der Waals surface area (Å²) >= 11 is 0. The van der Waals surface area contributed by atoms with Crippen molar-refractivity contribution in [3.05, 3.63) is 0 Å². The molecule has 88 valence electrons. The Labute approximate surface area is 92.4 Å². The van der Waals surface area contributed by atoms with Gasteiger partial charge < -0.3 is 15.5 Å². The summed E-state index contributed by atoms with van der Waals surface area (Å²) in [6.07, 6.45) is 1.15. The van der Waals surface area contributed by atoms with Crippen molar-refractivity contribution in [2.45, 2.75) is 26.3 Å². The van der Waals surface area contributed by atoms with Crippen LogP contribution in [0.4, 0.5) is 0 Å². The van der Waals surface area contributed by atoms with E-state index >= 15 is 0 Å². The smallest absolute Gasteiger partial charge is 0.225 e. The molecule has 2 N–H and O–H groups in total. The molecule has 1 fully saturated rings. The molecule has 4 heteroatoms. The van der Waals surface area contributed by atoms with Gasteiger partial charge in [0.25, 0.3) is 0 Å². The van der Waals surface area contributed by atoms with Crippen LogP contribution in [0.2, 0.25) is 0 Å². The van der Waals surface area contributed by atoms with Crippen LogP contribution in [0.5, 0.6) is 0 Å². The Balaban J connectivity index is 2.07. The third-order valence-electron chi connectivity index (χ3n) is 3.26. The minimum atomic E-state index is 0.200. The van der Waals surface area contributed by atoms with Gasteiger partial charge in [0.05, 0.1) is 5.92 Å². The van der Waals surface area contributed by atoms with Gasteiger partial charge in [-0.1, -0.05) is 6.92 Å². The first-order valence-corrected chi connectivity index (χ1v) is 5.83. The molecular formula is C11H23N3O. The van der Waals surface area contributed by atoms with Gasteiger partial charge >= 0.3 is 0 Å². The van der Waals surface area contributed by atoms with E-state index in [1.807, 2.05) is 0 Å². The average molecular weight is 213 g/mol. The Morgan fingerprint density at radius 3 is 2.73 bits per heavy atom. The molecule has 1 rings (SSSR count). The van der Waals surface area contributed by atoms with Crippen LogP contribution in [-0.4, -0.2) is 50.1 Å². The minimum Gasteiger partial charge on any atom is -0.354 e. The molecule has 0 bridgehead atoms. The number of rotatable bonds is 6. The maximum atomic E-state index is 11.5. The zero-order chi connectivity index (χ0) is 11.3. The lowest BCUT2D eigenvalue weighted by atomic mass is 10.0. The van der Waals surface area contributed by atoms with Gasteiger partial charge in [-0.05, 0) is 20.4 Å². The van der Waals surface area contributed by atoms with Crippen LogP contribution in [0, 0.1) is 5.92 Å². The molecule has 4 nitrogen and oxygen atoms in total. The van der Waals surface area contributed by atoms with Crippen LogP contribution >= 0.6 is 0 Å². The van der Waals surface area contributed by atoms with Gasteiger partial charge in [0, 0.05) is 32.2 Å². The topological polar surface area (TPSA) is 44.4 Å². The molecule has 0 aromatic heterocycles. The monoisotopic (exact) mass is 213 g/mol. The lowest BCUT2D eigenvalue weighted by Gasteiger charge is -2.27. The molecule has 0 aromatic carbocycles. The third-order valence-corrected chi connectivity index (χ3v) is 3.26. The van der Waals surface area contributed by atoms with Gasteiger partial charge in [0.2, 0.25) is 5.91 Å². The van der Waals surface area contributed by atoms with Crippen molar-refractivity contribution in [1.82, 2.24) is 15.5 Å². The normalized spacial score (nSPS) is 18.7. The summed E-state index contributed by atoms with van der Waals surface area (Å²) in [7, 11) is 2.10. The summed E-state index contributed by atoms with van der Waals surface area (Å²) in [6, 6.07) is 0.590. The van der Waals surface area contributed by atoms with E-state index in [1.54, 1.807) is 0 Å². The highest BCUT2D eigenvalue weighted by Crippen LogP contribution is 2.02. The molecule has 1 unspecified atom stereocenters. The maximum Gasteiger partial charge on any atom is 0.225 e. The second-order valence-corrected chi connectivity index (χ2v) is 4.38. The van der Waals surface area contributed by atoms with Crippen molar-refractivity contribution < 1.29 is 4.79 Å². The fourth-order valence-corrected chi connectivity index (χ4v) is 1.51. The molecule has 1 amide bonds. The second kappa shape index (κ2) is 6.08. The number of nitrogens with one attached hydrogen (secondary N) is 2. The third kappa shape index (κ3) is 3.80. The summed E-state index contributed by atoms with van der Waals surface area (Å²) in [4.78, 5) is 13.8. The van der Waals surface area contributed by atoms with Gasteiger partial charge in [-0.25, -0.2) is 0 Å². The van der Waals surface area contributed by atoms with E-state index in [0.717, 1.165) is 32.6 Å². The fourth-order valence-electron chi connectivity index (χ4n) is 1.51. The van der Waals surface area contributed by atoms with E-state index in [-0.39, 0.29) is 11.8 Å². The first-order valence-electron chi connectivity index (χ1n) is 5.83. The SMILES string of the molecule is CCC(C)N(C)CCNC(=O)C1CNC1. The van der Waals surface area contributed by atoms with Crippen molar-refractivity contribution >= 4 is 5.91 Å². The Bertz CT molecular complexity index is 204. The quantitative estimate of drug-likeness (QED) is 0.655. The summed E-state index contributed by atoms with van der Waals surface area (Å²) in [5.41, 5.74) is 0. The van der Waals surface area contributed by atoms with Gasteiger partial charge in [0.15, 0.2) is 0 Å². The molecule has 0 aromatic rings. The predicted molar refractivity (Wildman–Crippen MR) is 61.8 cm³/mol. The molecule has 1 atom stereocenters. The molecule has 1 heterocycles. The number of nitrogens with zero attached hydrogens (tertiary/aromatic N) is 1. The summed E-state index contributed by atoms with van der Waals surface area (Å²) in [6.45, 7) is 7.76. The minimum absolute atomic E-state index is 0.200. The van der Waals surface area contributed by atoms with Crippen molar-refractivity contribution in [1.29, 1.82) is 0 Å². The average Bonchev–Trinajstić information content (AvgIpc) is 2.13. The number of amides is 1. The van der Waals surface area contributed by atoms with Gasteiger partial charge in [-0.15, -0.1) is 0 Å². The van der Waals surface area contributed by atoms with Gasteiger partial charge in [-0.2, -0.15) is 0 Å². The lowest BCUT2D eigenvalue weighted by Crippen LogP contribution is -2.51. The first kappa shape index (κ1) is 12.5. The number of carbonyl (C=O) groups is 1. The van der Waals surface area contributed by atoms with E-state index < -0.39 is 0 Å². The Morgan fingerprint density at radius 2 is 2.27 bits per heavy atom. The highest BCUT2D eigenvalue weighted by atomic mass is 16.2. The molecule has 1 saturated heterocycles. The summed E-state index contributed by atoms with van der Waals surface area (Å²) in [5.74, 6) is 0.408. The molecule has 0 saturated carbocycles. The maximum absolute atomic E-state index is 11.5. The van der Waals surface area contributed by atoms with Crippen molar-refractivity contribution in [3.63, 3.8) is 0 Å². The first-order chi connectivity index (χ1) is 7.15. The molecule has 0 radical (unpaired) electrons. The summed E-state index contributed by atoms with van der Waals surface area (Å²) in [5, 5.41) is 6.07. The molecule has 1 aliphatic rings. The molecule has 0 aliphatic carbocycles. The predicted octanol–water partition coefficient (Wildman–Crippen LogP) is 0.0523. The number of hydrogen-bond donors (Lipinski definition) is 2. The van der Waals surface area contributed by atoms with Crippen LogP contribution in [0.25, 0.3) is 0 Å². The van der Waals surface area contributed by atoms with E-state index in [2.05, 4.69) is 36.4 Å². The van der Waals surface area contributed by atoms with E-state index in [9.17, 15) is 4.79 Å². The van der Waals surface area contributed by atoms with E-state index in [4.69, 9.17) is 0 Å². The van der Waals surface area contributed by atoms with Crippen LogP contribution in [0.15, 0.2) is 0 Å². The van der Waals surface area contributed by atoms with Crippen LogP contribution in [-0.2, 0) is 4.79 Å². The van der Waals surface area contributed by atoms with Crippen molar-refractivity contribution in [3.8, 4) is 0 Å². The molecule has 0 spiro atoms. The zero-order valence-corrected chi connectivity index (χ0v) is 10.0. The van der Waals surface area contributed by atoms with Gasteiger partial charge in [0.1, 0.15) is 0 Å². The van der Waals surface area contributed by atoms with E-state index in [1.165, 1.54) is 0 Å². The Kier molecular flexibility index (Phi) is 5.05. The summed E-state index contributed by atoms with van der Waals surface area (Å²) < 4.78 is 0. The van der Waals surface area contributed by atoms with Crippen LogP contribution < -0.4 is 10.6 Å². The Hall–Kier alpha value is -0.610. The lowest BCUT2D eigenvalue weighted by molar-refractivity contribution is -0.126. The van der Waals surface area contributed by atoms with Crippen molar-refractivity contribution in [2.75, 3.05) is 33.2 Å². The van der Waals surface area contributed by atoms with Gasteiger partial charge in [-0.3, -0.25) is 4.79 Å². The molecule has 1 aliphatic heterocycles. The molecular weight excluding hydrogens is 190 g/mol. The zero-order valence-electron chi connectivity index (χ0n) is 10.0.